The van der Waals surface area contributed by atoms with Gasteiger partial charge in [0.1, 0.15) is 0 Å². The molecule has 1 aromatic carbocycles. The average molecular weight is 233 g/mol. The Balaban J connectivity index is 2.96. The van der Waals surface area contributed by atoms with Gasteiger partial charge in [0.05, 0.1) is 23.1 Å². The Hall–Kier alpha value is -0.730. The summed E-state index contributed by atoms with van der Waals surface area (Å²) >= 11 is 11.6. The monoisotopic (exact) mass is 232 g/mol. The minimum absolute atomic E-state index is 0.289. The number of esters is 1. The van der Waals surface area contributed by atoms with Gasteiger partial charge in [-0.2, -0.15) is 0 Å². The lowest BCUT2D eigenvalue weighted by atomic mass is 10.0. The number of halogens is 2. The van der Waals surface area contributed by atoms with Crippen LogP contribution < -0.4 is 0 Å². The topological polar surface area (TPSA) is 26.3 Å². The molecule has 1 atom stereocenters. The van der Waals surface area contributed by atoms with Crippen LogP contribution in [0.3, 0.4) is 0 Å². The zero-order chi connectivity index (χ0) is 10.7. The minimum atomic E-state index is -0.324. The first-order chi connectivity index (χ1) is 6.56. The molecule has 76 valence electrons. The van der Waals surface area contributed by atoms with E-state index in [1.54, 1.807) is 25.1 Å². The van der Waals surface area contributed by atoms with Crippen molar-refractivity contribution in [3.8, 4) is 0 Å². The van der Waals surface area contributed by atoms with Crippen molar-refractivity contribution in [3.63, 3.8) is 0 Å². The fourth-order valence-corrected chi connectivity index (χ4v) is 1.40. The first-order valence-electron chi connectivity index (χ1n) is 4.09. The second kappa shape index (κ2) is 4.67. The van der Waals surface area contributed by atoms with Gasteiger partial charge in [-0.25, -0.2) is 0 Å². The highest BCUT2D eigenvalue weighted by atomic mass is 35.5. The molecule has 1 unspecified atom stereocenters. The van der Waals surface area contributed by atoms with E-state index in [1.165, 1.54) is 7.11 Å². The number of rotatable bonds is 2. The largest absolute Gasteiger partial charge is 0.469 e. The van der Waals surface area contributed by atoms with Gasteiger partial charge in [-0.1, -0.05) is 29.3 Å². The molecule has 0 heterocycles. The Labute approximate surface area is 92.8 Å². The third-order valence-corrected chi connectivity index (χ3v) is 2.74. The van der Waals surface area contributed by atoms with Crippen molar-refractivity contribution in [2.24, 2.45) is 0 Å². The molecule has 0 aliphatic carbocycles. The highest BCUT2D eigenvalue weighted by molar-refractivity contribution is 6.42. The number of hydrogen-bond acceptors (Lipinski definition) is 2. The summed E-state index contributed by atoms with van der Waals surface area (Å²) in [5.41, 5.74) is 0.797. The molecule has 0 amide bonds. The predicted octanol–water partition coefficient (Wildman–Crippen LogP) is 3.27. The molecule has 0 aliphatic rings. The van der Waals surface area contributed by atoms with E-state index in [0.717, 1.165) is 5.56 Å². The van der Waals surface area contributed by atoms with Crippen LogP contribution in [0.15, 0.2) is 18.2 Å². The summed E-state index contributed by atoms with van der Waals surface area (Å²) in [6.45, 7) is 1.76. The molecule has 2 nitrogen and oxygen atoms in total. The number of methoxy groups -OCH3 is 1. The van der Waals surface area contributed by atoms with Gasteiger partial charge in [0.2, 0.25) is 0 Å². The molecule has 0 bridgehead atoms. The van der Waals surface area contributed by atoms with Gasteiger partial charge in [-0.3, -0.25) is 4.79 Å². The SMILES string of the molecule is COC(=O)C(C)c1ccc(Cl)c(Cl)c1. The van der Waals surface area contributed by atoms with Crippen LogP contribution in [0, 0.1) is 0 Å². The normalized spacial score (nSPS) is 12.3. The lowest BCUT2D eigenvalue weighted by molar-refractivity contribution is -0.141. The van der Waals surface area contributed by atoms with E-state index in [2.05, 4.69) is 4.74 Å². The van der Waals surface area contributed by atoms with Crippen molar-refractivity contribution < 1.29 is 9.53 Å². The van der Waals surface area contributed by atoms with Crippen LogP contribution in [0.4, 0.5) is 0 Å². The molecule has 0 aliphatic heterocycles. The van der Waals surface area contributed by atoms with Crippen LogP contribution in [0.1, 0.15) is 18.4 Å². The molecular formula is C10H10Cl2O2. The van der Waals surface area contributed by atoms with Crippen molar-refractivity contribution in [2.75, 3.05) is 7.11 Å². The summed E-state index contributed by atoms with van der Waals surface area (Å²) in [6, 6.07) is 5.10. The maximum Gasteiger partial charge on any atom is 0.312 e. The number of hydrogen-bond donors (Lipinski definition) is 0. The minimum Gasteiger partial charge on any atom is -0.469 e. The molecule has 0 aromatic heterocycles. The summed E-state index contributed by atoms with van der Waals surface area (Å²) in [5, 5.41) is 0.924. The van der Waals surface area contributed by atoms with E-state index in [1.807, 2.05) is 0 Å². The fraction of sp³-hybridized carbons (Fsp3) is 0.300. The van der Waals surface area contributed by atoms with Gasteiger partial charge < -0.3 is 4.74 Å². The first kappa shape index (κ1) is 11.3. The lowest BCUT2D eigenvalue weighted by Gasteiger charge is -2.09. The van der Waals surface area contributed by atoms with E-state index in [9.17, 15) is 4.79 Å². The lowest BCUT2D eigenvalue weighted by Crippen LogP contribution is -2.10. The molecule has 4 heteroatoms. The Morgan fingerprint density at radius 2 is 2.00 bits per heavy atom. The molecule has 0 spiro atoms. The Kier molecular flexibility index (Phi) is 3.78. The smallest absolute Gasteiger partial charge is 0.312 e. The summed E-state index contributed by atoms with van der Waals surface area (Å²) in [6.07, 6.45) is 0. The van der Waals surface area contributed by atoms with Gasteiger partial charge in [0, 0.05) is 0 Å². The fourth-order valence-electron chi connectivity index (χ4n) is 1.09. The summed E-state index contributed by atoms with van der Waals surface area (Å²) in [4.78, 5) is 11.2. The molecule has 0 fully saturated rings. The molecule has 14 heavy (non-hydrogen) atoms. The van der Waals surface area contributed by atoms with Crippen molar-refractivity contribution >= 4 is 29.2 Å². The van der Waals surface area contributed by atoms with E-state index in [4.69, 9.17) is 23.2 Å². The zero-order valence-corrected chi connectivity index (χ0v) is 9.39. The predicted molar refractivity (Wildman–Crippen MR) is 56.9 cm³/mol. The molecule has 1 aromatic rings. The number of ether oxygens (including phenoxy) is 1. The summed E-state index contributed by atoms with van der Waals surface area (Å²) < 4.78 is 4.62. The van der Waals surface area contributed by atoms with Gasteiger partial charge in [-0.05, 0) is 24.6 Å². The van der Waals surface area contributed by atoms with E-state index >= 15 is 0 Å². The third-order valence-electron chi connectivity index (χ3n) is 2.00. The second-order valence-corrected chi connectivity index (χ2v) is 3.73. The Morgan fingerprint density at radius 1 is 1.36 bits per heavy atom. The average Bonchev–Trinajstić information content (AvgIpc) is 2.20. The van der Waals surface area contributed by atoms with Gasteiger partial charge >= 0.3 is 5.97 Å². The number of carbonyl (C=O) groups excluding carboxylic acids is 1. The number of carbonyl (C=O) groups is 1. The van der Waals surface area contributed by atoms with Crippen LogP contribution in [-0.2, 0) is 9.53 Å². The van der Waals surface area contributed by atoms with Crippen molar-refractivity contribution in [2.45, 2.75) is 12.8 Å². The van der Waals surface area contributed by atoms with Gasteiger partial charge in [-0.15, -0.1) is 0 Å². The second-order valence-electron chi connectivity index (χ2n) is 2.92. The van der Waals surface area contributed by atoms with E-state index in [-0.39, 0.29) is 11.9 Å². The third kappa shape index (κ3) is 2.40. The maximum atomic E-state index is 11.2. The van der Waals surface area contributed by atoms with Crippen LogP contribution >= 0.6 is 23.2 Å². The quantitative estimate of drug-likeness (QED) is 0.732. The highest BCUT2D eigenvalue weighted by Gasteiger charge is 2.16. The molecule has 0 saturated heterocycles. The highest BCUT2D eigenvalue weighted by Crippen LogP contribution is 2.26. The van der Waals surface area contributed by atoms with Gasteiger partial charge in [0.15, 0.2) is 0 Å². The molecule has 1 rings (SSSR count). The summed E-state index contributed by atoms with van der Waals surface area (Å²) in [5.74, 6) is -0.613. The van der Waals surface area contributed by atoms with Crippen molar-refractivity contribution in [1.29, 1.82) is 0 Å². The zero-order valence-electron chi connectivity index (χ0n) is 7.88. The Morgan fingerprint density at radius 3 is 2.50 bits per heavy atom. The van der Waals surface area contributed by atoms with Crippen LogP contribution in [0.25, 0.3) is 0 Å². The van der Waals surface area contributed by atoms with Gasteiger partial charge in [0.25, 0.3) is 0 Å². The Bertz CT molecular complexity index is 350. The molecule has 0 radical (unpaired) electrons. The van der Waals surface area contributed by atoms with E-state index in [0.29, 0.717) is 10.0 Å². The molecule has 0 N–H and O–H groups in total. The maximum absolute atomic E-state index is 11.2. The van der Waals surface area contributed by atoms with E-state index < -0.39 is 0 Å². The van der Waals surface area contributed by atoms with Crippen molar-refractivity contribution in [1.82, 2.24) is 0 Å². The molecule has 0 saturated carbocycles. The number of benzene rings is 1. The van der Waals surface area contributed by atoms with Crippen LogP contribution in [-0.4, -0.2) is 13.1 Å². The van der Waals surface area contributed by atoms with Crippen molar-refractivity contribution in [3.05, 3.63) is 33.8 Å². The van der Waals surface area contributed by atoms with Crippen LogP contribution in [0.2, 0.25) is 10.0 Å². The summed E-state index contributed by atoms with van der Waals surface area (Å²) in [7, 11) is 1.36. The first-order valence-corrected chi connectivity index (χ1v) is 4.84. The molecular weight excluding hydrogens is 223 g/mol. The van der Waals surface area contributed by atoms with Crippen LogP contribution in [0.5, 0.6) is 0 Å². The standard InChI is InChI=1S/C10H10Cl2O2/c1-6(10(13)14-2)7-3-4-8(11)9(12)5-7/h3-6H,1-2H3.